The number of hydrogen-bond acceptors (Lipinski definition) is 4. The molecule has 4 N–H and O–H groups in total. The first-order valence-electron chi connectivity index (χ1n) is 5.43. The van der Waals surface area contributed by atoms with Crippen molar-refractivity contribution in [3.63, 3.8) is 0 Å². The Bertz CT molecular complexity index is 516. The van der Waals surface area contributed by atoms with Gasteiger partial charge in [-0.15, -0.1) is 12.4 Å². The molecular weight excluding hydrogens is 290 g/mol. The molecule has 1 unspecified atom stereocenters. The molecule has 0 saturated carbocycles. The average molecular weight is 308 g/mol. The maximum atomic E-state index is 11.9. The maximum Gasteiger partial charge on any atom is 0.248 e. The predicted molar refractivity (Wildman–Crippen MR) is 75.9 cm³/mol. The monoisotopic (exact) mass is 307 g/mol. The highest BCUT2D eigenvalue weighted by molar-refractivity contribution is 7.89. The lowest BCUT2D eigenvalue weighted by Crippen LogP contribution is -2.37. The summed E-state index contributed by atoms with van der Waals surface area (Å²) in [7, 11) is -1.80. The van der Waals surface area contributed by atoms with Crippen LogP contribution in [-0.2, 0) is 10.0 Å². The van der Waals surface area contributed by atoms with Crippen LogP contribution in [0.25, 0.3) is 0 Å². The average Bonchev–Trinajstić information content (AvgIpc) is 2.36. The number of halogens is 1. The second kappa shape index (κ2) is 7.44. The van der Waals surface area contributed by atoms with E-state index in [1.165, 1.54) is 24.3 Å². The van der Waals surface area contributed by atoms with Gasteiger partial charge >= 0.3 is 0 Å². The Labute approximate surface area is 119 Å². The van der Waals surface area contributed by atoms with Crippen LogP contribution in [0.5, 0.6) is 0 Å². The number of nitrogens with two attached hydrogens (primary N) is 1. The first-order valence-corrected chi connectivity index (χ1v) is 6.92. The van der Waals surface area contributed by atoms with Gasteiger partial charge in [-0.3, -0.25) is 4.79 Å². The third kappa shape index (κ3) is 5.15. The molecule has 0 spiro atoms. The fourth-order valence-electron chi connectivity index (χ4n) is 1.22. The molecule has 8 heteroatoms. The molecule has 1 aromatic carbocycles. The maximum absolute atomic E-state index is 11.9. The van der Waals surface area contributed by atoms with Crippen LogP contribution in [-0.4, -0.2) is 34.0 Å². The standard InChI is InChI=1S/C11H17N3O3S.ClH/c1-8(13-2)7-14-18(16,17)10-5-3-9(4-6-10)11(12)15;/h3-6,8,13-14H,7H2,1-2H3,(H2,12,15);1H. The molecule has 0 heterocycles. The van der Waals surface area contributed by atoms with Crippen molar-refractivity contribution in [2.24, 2.45) is 5.73 Å². The summed E-state index contributed by atoms with van der Waals surface area (Å²) in [6.45, 7) is 2.15. The van der Waals surface area contributed by atoms with E-state index in [0.717, 1.165) is 0 Å². The summed E-state index contributed by atoms with van der Waals surface area (Å²) in [5.74, 6) is -0.587. The van der Waals surface area contributed by atoms with E-state index < -0.39 is 15.9 Å². The normalized spacial score (nSPS) is 12.5. The molecule has 1 rings (SSSR count). The molecule has 0 aliphatic rings. The van der Waals surface area contributed by atoms with Gasteiger partial charge in [-0.25, -0.2) is 13.1 Å². The van der Waals surface area contributed by atoms with Crippen LogP contribution in [0.3, 0.4) is 0 Å². The molecular formula is C11H18ClN3O3S. The Hall–Kier alpha value is -1.15. The van der Waals surface area contributed by atoms with Gasteiger partial charge < -0.3 is 11.1 Å². The largest absolute Gasteiger partial charge is 0.366 e. The van der Waals surface area contributed by atoms with Crippen LogP contribution in [0, 0.1) is 0 Å². The number of amides is 1. The molecule has 0 saturated heterocycles. The highest BCUT2D eigenvalue weighted by atomic mass is 35.5. The zero-order chi connectivity index (χ0) is 13.8. The van der Waals surface area contributed by atoms with Gasteiger partial charge in [-0.2, -0.15) is 0 Å². The van der Waals surface area contributed by atoms with Crippen LogP contribution in [0.15, 0.2) is 29.2 Å². The lowest BCUT2D eigenvalue weighted by Gasteiger charge is -2.12. The number of rotatable bonds is 6. The summed E-state index contributed by atoms with van der Waals surface area (Å²) in [6.07, 6.45) is 0. The Morgan fingerprint density at radius 3 is 2.26 bits per heavy atom. The van der Waals surface area contributed by atoms with E-state index in [1.54, 1.807) is 7.05 Å². The third-order valence-electron chi connectivity index (χ3n) is 2.52. The van der Waals surface area contributed by atoms with Gasteiger partial charge in [-0.1, -0.05) is 0 Å². The molecule has 0 aliphatic heterocycles. The first kappa shape index (κ1) is 17.8. The molecule has 0 fully saturated rings. The van der Waals surface area contributed by atoms with Gasteiger partial charge in [0.1, 0.15) is 0 Å². The molecule has 6 nitrogen and oxygen atoms in total. The van der Waals surface area contributed by atoms with E-state index in [0.29, 0.717) is 0 Å². The molecule has 1 amide bonds. The van der Waals surface area contributed by atoms with E-state index in [1.807, 2.05) is 6.92 Å². The molecule has 0 aliphatic carbocycles. The third-order valence-corrected chi connectivity index (χ3v) is 3.96. The minimum absolute atomic E-state index is 0. The number of sulfonamides is 1. The minimum atomic E-state index is -3.55. The van der Waals surface area contributed by atoms with E-state index in [-0.39, 0.29) is 35.5 Å². The highest BCUT2D eigenvalue weighted by Crippen LogP contribution is 2.10. The van der Waals surface area contributed by atoms with Crippen molar-refractivity contribution in [2.75, 3.05) is 13.6 Å². The van der Waals surface area contributed by atoms with E-state index in [9.17, 15) is 13.2 Å². The smallest absolute Gasteiger partial charge is 0.248 e. The second-order valence-corrected chi connectivity index (χ2v) is 5.70. The van der Waals surface area contributed by atoms with Crippen LogP contribution in [0.2, 0.25) is 0 Å². The first-order chi connectivity index (χ1) is 8.36. The van der Waals surface area contributed by atoms with Crippen LogP contribution in [0.4, 0.5) is 0 Å². The van der Waals surface area contributed by atoms with Crippen molar-refractivity contribution in [1.29, 1.82) is 0 Å². The summed E-state index contributed by atoms with van der Waals surface area (Å²) in [5, 5.41) is 2.92. The topological polar surface area (TPSA) is 101 Å². The Morgan fingerprint density at radius 2 is 1.84 bits per heavy atom. The predicted octanol–water partition coefficient (Wildman–Crippen LogP) is 0.0935. The van der Waals surface area contributed by atoms with Crippen LogP contribution in [0.1, 0.15) is 17.3 Å². The number of benzene rings is 1. The SMILES string of the molecule is CNC(C)CNS(=O)(=O)c1ccc(C(N)=O)cc1.Cl. The molecule has 0 radical (unpaired) electrons. The zero-order valence-corrected chi connectivity index (χ0v) is 12.3. The van der Waals surface area contributed by atoms with Crippen molar-refractivity contribution in [3.8, 4) is 0 Å². The summed E-state index contributed by atoms with van der Waals surface area (Å²) >= 11 is 0. The van der Waals surface area contributed by atoms with Gasteiger partial charge in [0.05, 0.1) is 4.90 Å². The minimum Gasteiger partial charge on any atom is -0.366 e. The zero-order valence-electron chi connectivity index (χ0n) is 10.7. The lowest BCUT2D eigenvalue weighted by molar-refractivity contribution is 0.1000. The molecule has 19 heavy (non-hydrogen) atoms. The van der Waals surface area contributed by atoms with Gasteiger partial charge in [-0.05, 0) is 38.2 Å². The molecule has 1 atom stereocenters. The number of nitrogens with one attached hydrogen (secondary N) is 2. The van der Waals surface area contributed by atoms with Crippen molar-refractivity contribution in [3.05, 3.63) is 29.8 Å². The Balaban J connectivity index is 0.00000324. The number of primary amides is 1. The molecule has 108 valence electrons. The van der Waals surface area contributed by atoms with Gasteiger partial charge in [0.2, 0.25) is 15.9 Å². The summed E-state index contributed by atoms with van der Waals surface area (Å²) in [5.41, 5.74) is 5.35. The number of carbonyl (C=O) groups excluding carboxylic acids is 1. The van der Waals surface area contributed by atoms with Crippen molar-refractivity contribution in [1.82, 2.24) is 10.0 Å². The number of hydrogen-bond donors (Lipinski definition) is 3. The Kier molecular flexibility index (Phi) is 6.99. The fraction of sp³-hybridized carbons (Fsp3) is 0.364. The van der Waals surface area contributed by atoms with Gasteiger partial charge in [0.15, 0.2) is 0 Å². The van der Waals surface area contributed by atoms with E-state index in [2.05, 4.69) is 10.0 Å². The molecule has 0 aromatic heterocycles. The number of likely N-dealkylation sites (N-methyl/N-ethyl adjacent to an activating group) is 1. The lowest BCUT2D eigenvalue weighted by atomic mass is 10.2. The number of carbonyl (C=O) groups is 1. The van der Waals surface area contributed by atoms with Crippen molar-refractivity contribution >= 4 is 28.3 Å². The van der Waals surface area contributed by atoms with Crippen LogP contribution >= 0.6 is 12.4 Å². The molecule has 1 aromatic rings. The van der Waals surface area contributed by atoms with E-state index in [4.69, 9.17) is 5.73 Å². The van der Waals surface area contributed by atoms with Crippen molar-refractivity contribution < 1.29 is 13.2 Å². The fourth-order valence-corrected chi connectivity index (χ4v) is 2.35. The van der Waals surface area contributed by atoms with Crippen LogP contribution < -0.4 is 15.8 Å². The van der Waals surface area contributed by atoms with Crippen molar-refractivity contribution in [2.45, 2.75) is 17.9 Å². The quantitative estimate of drug-likeness (QED) is 0.693. The summed E-state index contributed by atoms with van der Waals surface area (Å²) in [6, 6.07) is 5.51. The molecule has 0 bridgehead atoms. The Morgan fingerprint density at radius 1 is 1.32 bits per heavy atom. The van der Waals surface area contributed by atoms with Gasteiger partial charge in [0.25, 0.3) is 0 Å². The highest BCUT2D eigenvalue weighted by Gasteiger charge is 2.14. The van der Waals surface area contributed by atoms with E-state index >= 15 is 0 Å². The summed E-state index contributed by atoms with van der Waals surface area (Å²) < 4.78 is 26.2. The second-order valence-electron chi connectivity index (χ2n) is 3.93. The summed E-state index contributed by atoms with van der Waals surface area (Å²) in [4.78, 5) is 11.0. The van der Waals surface area contributed by atoms with Gasteiger partial charge in [0, 0.05) is 18.2 Å².